The third-order valence-corrected chi connectivity index (χ3v) is 4.16. The molecule has 1 fully saturated rings. The zero-order chi connectivity index (χ0) is 14.7. The summed E-state index contributed by atoms with van der Waals surface area (Å²) in [7, 11) is 0. The van der Waals surface area contributed by atoms with Crippen LogP contribution < -0.4 is 0 Å². The van der Waals surface area contributed by atoms with E-state index in [2.05, 4.69) is 35.6 Å². The van der Waals surface area contributed by atoms with Crippen LogP contribution in [0.1, 0.15) is 44.7 Å². The first-order valence-electron chi connectivity index (χ1n) is 7.10. The molecule has 0 N–H and O–H groups in total. The van der Waals surface area contributed by atoms with E-state index in [1.54, 1.807) is 0 Å². The molecule has 1 atom stereocenters. The van der Waals surface area contributed by atoms with Gasteiger partial charge in [0, 0.05) is 24.7 Å². The molecule has 2 rings (SSSR count). The highest BCUT2D eigenvalue weighted by Gasteiger charge is 2.27. The Balaban J connectivity index is 2.20. The van der Waals surface area contributed by atoms with Gasteiger partial charge in [0.2, 0.25) is 0 Å². The van der Waals surface area contributed by atoms with E-state index >= 15 is 0 Å². The predicted molar refractivity (Wildman–Crippen MR) is 81.4 cm³/mol. The molecule has 0 aliphatic carbocycles. The third-order valence-electron chi connectivity index (χ3n) is 3.54. The molecule has 0 spiro atoms. The average Bonchev–Trinajstić information content (AvgIpc) is 2.42. The van der Waals surface area contributed by atoms with Crippen LogP contribution in [0.25, 0.3) is 0 Å². The molecule has 0 bridgehead atoms. The lowest BCUT2D eigenvalue weighted by atomic mass is 10.2. The van der Waals surface area contributed by atoms with E-state index in [0.717, 1.165) is 31.5 Å². The zero-order valence-electron chi connectivity index (χ0n) is 12.2. The summed E-state index contributed by atoms with van der Waals surface area (Å²) in [5.74, 6) is 0.588. The van der Waals surface area contributed by atoms with Gasteiger partial charge in [-0.25, -0.2) is 9.97 Å². The van der Waals surface area contributed by atoms with Gasteiger partial charge in [-0.05, 0) is 20.3 Å². The van der Waals surface area contributed by atoms with E-state index in [0.29, 0.717) is 28.8 Å². The number of nitrogens with zero attached hydrogens (tertiary/aromatic N) is 3. The maximum Gasteiger partial charge on any atom is 0.161 e. The van der Waals surface area contributed by atoms with Crippen molar-refractivity contribution < 1.29 is 4.74 Å². The van der Waals surface area contributed by atoms with Gasteiger partial charge in [-0.2, -0.15) is 0 Å². The number of hydrogen-bond acceptors (Lipinski definition) is 4. The van der Waals surface area contributed by atoms with Gasteiger partial charge in [0.25, 0.3) is 0 Å². The first-order chi connectivity index (χ1) is 9.52. The van der Waals surface area contributed by atoms with E-state index in [-0.39, 0.29) is 6.10 Å². The quantitative estimate of drug-likeness (QED) is 0.796. The maximum absolute atomic E-state index is 6.23. The number of morpholine rings is 1. The monoisotopic (exact) mass is 317 g/mol. The second-order valence-electron chi connectivity index (χ2n) is 5.34. The summed E-state index contributed by atoms with van der Waals surface area (Å²) in [5, 5.41) is 0.902. The Morgan fingerprint density at radius 3 is 2.50 bits per heavy atom. The minimum Gasteiger partial charge on any atom is -0.368 e. The van der Waals surface area contributed by atoms with E-state index in [9.17, 15) is 0 Å². The Morgan fingerprint density at radius 2 is 1.95 bits per heavy atom. The molecule has 112 valence electrons. The van der Waals surface area contributed by atoms with Crippen LogP contribution >= 0.6 is 23.2 Å². The Kier molecular flexibility index (Phi) is 5.61. The van der Waals surface area contributed by atoms with Gasteiger partial charge < -0.3 is 4.74 Å². The topological polar surface area (TPSA) is 38.2 Å². The van der Waals surface area contributed by atoms with Crippen molar-refractivity contribution in [2.24, 2.45) is 0 Å². The molecule has 4 nitrogen and oxygen atoms in total. The number of halogens is 2. The van der Waals surface area contributed by atoms with Gasteiger partial charge in [-0.15, -0.1) is 0 Å². The molecule has 20 heavy (non-hydrogen) atoms. The summed E-state index contributed by atoms with van der Waals surface area (Å²) < 4.78 is 5.77. The fourth-order valence-corrected chi connectivity index (χ4v) is 2.93. The first kappa shape index (κ1) is 16.0. The molecule has 1 aromatic rings. The van der Waals surface area contributed by atoms with Crippen molar-refractivity contribution in [3.05, 3.63) is 21.7 Å². The minimum atomic E-state index is -0.156. The predicted octanol–water partition coefficient (Wildman–Crippen LogP) is 3.52. The molecule has 0 radical (unpaired) electrons. The molecule has 1 unspecified atom stereocenters. The van der Waals surface area contributed by atoms with Gasteiger partial charge in [-0.1, -0.05) is 36.5 Å². The second kappa shape index (κ2) is 7.03. The molecular formula is C14H21Cl2N3O. The van der Waals surface area contributed by atoms with E-state index in [1.165, 1.54) is 0 Å². The largest absolute Gasteiger partial charge is 0.368 e. The van der Waals surface area contributed by atoms with Crippen molar-refractivity contribution in [3.63, 3.8) is 0 Å². The summed E-state index contributed by atoms with van der Waals surface area (Å²) in [6.45, 7) is 8.81. The van der Waals surface area contributed by atoms with Crippen molar-refractivity contribution in [1.29, 1.82) is 0 Å². The second-order valence-corrected chi connectivity index (χ2v) is 6.06. The van der Waals surface area contributed by atoms with Gasteiger partial charge in [0.05, 0.1) is 6.61 Å². The maximum atomic E-state index is 6.23. The Hall–Kier alpha value is -0.420. The third kappa shape index (κ3) is 3.61. The van der Waals surface area contributed by atoms with E-state index < -0.39 is 0 Å². The lowest BCUT2D eigenvalue weighted by molar-refractivity contribution is -0.0442. The Bertz CT molecular complexity index is 445. The van der Waals surface area contributed by atoms with Gasteiger partial charge >= 0.3 is 0 Å². The lowest BCUT2D eigenvalue weighted by Crippen LogP contribution is -2.42. The number of rotatable bonds is 4. The number of aromatic nitrogens is 2. The fourth-order valence-electron chi connectivity index (χ4n) is 2.34. The molecule has 1 aromatic heterocycles. The molecule has 0 amide bonds. The summed E-state index contributed by atoms with van der Waals surface area (Å²) >= 11 is 12.5. The lowest BCUT2D eigenvalue weighted by Gasteiger charge is -2.34. The van der Waals surface area contributed by atoms with Crippen molar-refractivity contribution >= 4 is 23.2 Å². The number of ether oxygens (including phenoxy) is 1. The van der Waals surface area contributed by atoms with Gasteiger partial charge in [0.1, 0.15) is 16.4 Å². The van der Waals surface area contributed by atoms with Crippen LogP contribution in [0.2, 0.25) is 10.3 Å². The van der Waals surface area contributed by atoms with E-state index in [4.69, 9.17) is 27.9 Å². The molecule has 1 saturated heterocycles. The number of hydrogen-bond donors (Lipinski definition) is 0. The Morgan fingerprint density at radius 1 is 1.30 bits per heavy atom. The normalized spacial score (nSPS) is 20.6. The Labute approximate surface area is 130 Å². The highest BCUT2D eigenvalue weighted by Crippen LogP contribution is 2.27. The van der Waals surface area contributed by atoms with E-state index in [1.807, 2.05) is 0 Å². The van der Waals surface area contributed by atoms with Crippen LogP contribution in [0.4, 0.5) is 0 Å². The minimum absolute atomic E-state index is 0.156. The van der Waals surface area contributed by atoms with Crippen molar-refractivity contribution in [2.75, 3.05) is 19.7 Å². The van der Waals surface area contributed by atoms with Crippen LogP contribution in [0.3, 0.4) is 0 Å². The smallest absolute Gasteiger partial charge is 0.161 e. The van der Waals surface area contributed by atoms with Gasteiger partial charge in [0.15, 0.2) is 5.82 Å². The summed E-state index contributed by atoms with van der Waals surface area (Å²) in [5.41, 5.74) is 0.830. The standard InChI is InChI=1S/C14H21Cl2N3O/c1-4-5-10-12(15)17-14(18-13(10)16)11-8-19(9(2)3)6-7-20-11/h9,11H,4-8H2,1-3H3. The van der Waals surface area contributed by atoms with Crippen LogP contribution in [0, 0.1) is 0 Å². The summed E-state index contributed by atoms with van der Waals surface area (Å²) in [6, 6.07) is 0.478. The summed E-state index contributed by atoms with van der Waals surface area (Å²) in [4.78, 5) is 11.1. The molecule has 6 heteroatoms. The van der Waals surface area contributed by atoms with Gasteiger partial charge in [-0.3, -0.25) is 4.90 Å². The summed E-state index contributed by atoms with van der Waals surface area (Å²) in [6.07, 6.45) is 1.60. The molecule has 2 heterocycles. The van der Waals surface area contributed by atoms with Crippen molar-refractivity contribution in [1.82, 2.24) is 14.9 Å². The van der Waals surface area contributed by atoms with Crippen LogP contribution in [-0.4, -0.2) is 40.6 Å². The molecule has 1 aliphatic heterocycles. The van der Waals surface area contributed by atoms with Crippen molar-refractivity contribution in [3.8, 4) is 0 Å². The molecular weight excluding hydrogens is 297 g/mol. The highest BCUT2D eigenvalue weighted by molar-refractivity contribution is 6.34. The highest BCUT2D eigenvalue weighted by atomic mass is 35.5. The van der Waals surface area contributed by atoms with Crippen molar-refractivity contribution in [2.45, 2.75) is 45.8 Å². The molecule has 0 aromatic carbocycles. The average molecular weight is 318 g/mol. The van der Waals surface area contributed by atoms with Crippen LogP contribution in [0.5, 0.6) is 0 Å². The molecule has 0 saturated carbocycles. The zero-order valence-corrected chi connectivity index (χ0v) is 13.7. The SMILES string of the molecule is CCCc1c(Cl)nc(C2CN(C(C)C)CCO2)nc1Cl. The molecule has 1 aliphatic rings. The first-order valence-corrected chi connectivity index (χ1v) is 7.86. The fraction of sp³-hybridized carbons (Fsp3) is 0.714. The van der Waals surface area contributed by atoms with Crippen LogP contribution in [0.15, 0.2) is 0 Å². The van der Waals surface area contributed by atoms with Crippen LogP contribution in [-0.2, 0) is 11.2 Å².